The Balaban J connectivity index is 0.00000341. The van der Waals surface area contributed by atoms with Crippen LogP contribution in [-0.4, -0.2) is 43.1 Å². The molecule has 8 heteroatoms. The Morgan fingerprint density at radius 1 is 0.968 bits per heavy atom. The number of nitrogens with zero attached hydrogens (tertiary/aromatic N) is 2. The van der Waals surface area contributed by atoms with Crippen molar-refractivity contribution in [2.24, 2.45) is 4.99 Å². The highest BCUT2D eigenvalue weighted by Gasteiger charge is 2.04. The summed E-state index contributed by atoms with van der Waals surface area (Å²) < 4.78 is 15.2. The van der Waals surface area contributed by atoms with Gasteiger partial charge in [-0.1, -0.05) is 30.3 Å². The zero-order valence-corrected chi connectivity index (χ0v) is 19.9. The van der Waals surface area contributed by atoms with Crippen LogP contribution in [0.3, 0.4) is 0 Å². The number of aromatic nitrogens is 1. The van der Waals surface area contributed by atoms with Gasteiger partial charge >= 0.3 is 0 Å². The molecule has 0 saturated heterocycles. The Hall–Kier alpha value is -2.62. The third-order valence-corrected chi connectivity index (χ3v) is 4.79. The molecule has 1 heterocycles. The molecule has 0 spiro atoms. The number of amides is 1. The number of fused-ring (bicyclic) bond motifs is 1. The summed E-state index contributed by atoms with van der Waals surface area (Å²) in [6.07, 6.45) is 3.32. The van der Waals surface area contributed by atoms with Crippen LogP contribution >= 0.6 is 24.0 Å². The lowest BCUT2D eigenvalue weighted by atomic mass is 10.1. The van der Waals surface area contributed by atoms with E-state index in [4.69, 9.17) is 0 Å². The lowest BCUT2D eigenvalue weighted by molar-refractivity contribution is -0.120. The summed E-state index contributed by atoms with van der Waals surface area (Å²) in [4.78, 5) is 16.2. The van der Waals surface area contributed by atoms with Crippen molar-refractivity contribution in [3.63, 3.8) is 0 Å². The molecule has 0 aliphatic carbocycles. The van der Waals surface area contributed by atoms with Gasteiger partial charge in [0.1, 0.15) is 5.82 Å². The molecule has 0 unspecified atom stereocenters. The largest absolute Gasteiger partial charge is 0.356 e. The van der Waals surface area contributed by atoms with Crippen molar-refractivity contribution in [3.05, 3.63) is 72.2 Å². The standard InChI is InChI=1S/C23H28FN5O.HI/c1-25-23(27-12-4-15-29-16-11-19-5-2-3-6-21(19)29)28-14-13-26-22(30)17-18-7-9-20(24)10-8-18;/h2-3,5-11,16H,4,12-15,17H2,1H3,(H,26,30)(H2,25,27,28);1H. The zero-order chi connectivity index (χ0) is 21.2. The third-order valence-electron chi connectivity index (χ3n) is 4.79. The Kier molecular flexibility index (Phi) is 10.3. The number of nitrogens with one attached hydrogen (secondary N) is 3. The first kappa shape index (κ1) is 24.6. The Morgan fingerprint density at radius 2 is 1.68 bits per heavy atom. The maximum atomic E-state index is 12.9. The van der Waals surface area contributed by atoms with E-state index in [0.717, 1.165) is 25.1 Å². The minimum absolute atomic E-state index is 0. The van der Waals surface area contributed by atoms with Crippen molar-refractivity contribution < 1.29 is 9.18 Å². The van der Waals surface area contributed by atoms with Crippen LogP contribution in [0.5, 0.6) is 0 Å². The molecule has 0 fully saturated rings. The molecule has 31 heavy (non-hydrogen) atoms. The number of hydrogen-bond donors (Lipinski definition) is 3. The number of para-hydroxylation sites is 1. The van der Waals surface area contributed by atoms with E-state index in [1.807, 2.05) is 0 Å². The van der Waals surface area contributed by atoms with Crippen molar-refractivity contribution in [2.75, 3.05) is 26.7 Å². The highest BCUT2D eigenvalue weighted by atomic mass is 127. The van der Waals surface area contributed by atoms with Crippen LogP contribution in [0, 0.1) is 5.82 Å². The quantitative estimate of drug-likeness (QED) is 0.170. The molecular weight excluding hydrogens is 508 g/mol. The van der Waals surface area contributed by atoms with Gasteiger partial charge in [0.25, 0.3) is 0 Å². The fourth-order valence-electron chi connectivity index (χ4n) is 3.25. The fraction of sp³-hybridized carbons (Fsp3) is 0.304. The second kappa shape index (κ2) is 12.9. The SMILES string of the molecule is CN=C(NCCCn1ccc2ccccc21)NCCNC(=O)Cc1ccc(F)cc1.I. The number of guanidine groups is 1. The highest BCUT2D eigenvalue weighted by Crippen LogP contribution is 2.15. The molecular formula is C23H29FIN5O. The van der Waals surface area contributed by atoms with Crippen molar-refractivity contribution in [3.8, 4) is 0 Å². The highest BCUT2D eigenvalue weighted by molar-refractivity contribution is 14.0. The van der Waals surface area contributed by atoms with E-state index in [2.05, 4.69) is 62.0 Å². The lowest BCUT2D eigenvalue weighted by Gasteiger charge is -2.13. The van der Waals surface area contributed by atoms with Gasteiger partial charge in [0.05, 0.1) is 6.42 Å². The maximum absolute atomic E-state index is 12.9. The number of hydrogen-bond acceptors (Lipinski definition) is 2. The number of halogens is 2. The molecule has 3 rings (SSSR count). The smallest absolute Gasteiger partial charge is 0.224 e. The van der Waals surface area contributed by atoms with Crippen molar-refractivity contribution >= 4 is 46.7 Å². The summed E-state index contributed by atoms with van der Waals surface area (Å²) in [6, 6.07) is 16.5. The maximum Gasteiger partial charge on any atom is 0.224 e. The summed E-state index contributed by atoms with van der Waals surface area (Å²) in [5.41, 5.74) is 2.03. The van der Waals surface area contributed by atoms with E-state index in [0.29, 0.717) is 19.0 Å². The van der Waals surface area contributed by atoms with Crippen LogP contribution in [0.4, 0.5) is 4.39 Å². The van der Waals surface area contributed by atoms with Gasteiger partial charge in [0.15, 0.2) is 5.96 Å². The monoisotopic (exact) mass is 537 g/mol. The molecule has 166 valence electrons. The summed E-state index contributed by atoms with van der Waals surface area (Å²) in [7, 11) is 1.72. The van der Waals surface area contributed by atoms with E-state index in [9.17, 15) is 9.18 Å². The van der Waals surface area contributed by atoms with E-state index < -0.39 is 0 Å². The van der Waals surface area contributed by atoms with Gasteiger partial charge in [-0.2, -0.15) is 0 Å². The first-order chi connectivity index (χ1) is 14.7. The van der Waals surface area contributed by atoms with Crippen LogP contribution in [0.15, 0.2) is 65.8 Å². The van der Waals surface area contributed by atoms with Crippen molar-refractivity contribution in [1.82, 2.24) is 20.5 Å². The molecule has 1 aromatic heterocycles. The Bertz CT molecular complexity index is 987. The summed E-state index contributed by atoms with van der Waals surface area (Å²) in [5.74, 6) is 0.314. The molecule has 0 saturated carbocycles. The van der Waals surface area contributed by atoms with Crippen LogP contribution in [0.1, 0.15) is 12.0 Å². The predicted molar refractivity (Wildman–Crippen MR) is 134 cm³/mol. The number of carbonyl (C=O) groups excluding carboxylic acids is 1. The lowest BCUT2D eigenvalue weighted by Crippen LogP contribution is -2.42. The van der Waals surface area contributed by atoms with Gasteiger partial charge in [0.2, 0.25) is 5.91 Å². The topological polar surface area (TPSA) is 70.5 Å². The van der Waals surface area contributed by atoms with Crippen molar-refractivity contribution in [2.45, 2.75) is 19.4 Å². The Labute approximate surface area is 199 Å². The second-order valence-electron chi connectivity index (χ2n) is 7.00. The van der Waals surface area contributed by atoms with Gasteiger partial charge in [0, 0.05) is 44.9 Å². The number of benzene rings is 2. The fourth-order valence-corrected chi connectivity index (χ4v) is 3.25. The minimum atomic E-state index is -0.302. The molecule has 6 nitrogen and oxygen atoms in total. The van der Waals surface area contributed by atoms with E-state index >= 15 is 0 Å². The van der Waals surface area contributed by atoms with Gasteiger partial charge in [-0.25, -0.2) is 4.39 Å². The number of aryl methyl sites for hydroxylation is 1. The third kappa shape index (κ3) is 7.86. The van der Waals surface area contributed by atoms with E-state index in [-0.39, 0.29) is 42.1 Å². The zero-order valence-electron chi connectivity index (χ0n) is 17.6. The number of carbonyl (C=O) groups is 1. The average Bonchev–Trinajstić information content (AvgIpc) is 3.17. The Morgan fingerprint density at radius 3 is 2.45 bits per heavy atom. The molecule has 3 N–H and O–H groups in total. The normalized spacial score (nSPS) is 11.1. The van der Waals surface area contributed by atoms with Crippen LogP contribution in [0.2, 0.25) is 0 Å². The first-order valence-corrected chi connectivity index (χ1v) is 10.2. The molecule has 3 aromatic rings. The van der Waals surface area contributed by atoms with Gasteiger partial charge in [-0.15, -0.1) is 24.0 Å². The van der Waals surface area contributed by atoms with Crippen LogP contribution in [-0.2, 0) is 17.8 Å². The van der Waals surface area contributed by atoms with Gasteiger partial charge < -0.3 is 20.5 Å². The number of rotatable bonds is 9. The molecule has 0 bridgehead atoms. The van der Waals surface area contributed by atoms with Crippen LogP contribution < -0.4 is 16.0 Å². The minimum Gasteiger partial charge on any atom is -0.356 e. The molecule has 1 amide bonds. The number of aliphatic imine (C=N–C) groups is 1. The van der Waals surface area contributed by atoms with Gasteiger partial charge in [-0.3, -0.25) is 9.79 Å². The summed E-state index contributed by atoms with van der Waals surface area (Å²) in [5, 5.41) is 10.6. The van der Waals surface area contributed by atoms with Crippen molar-refractivity contribution in [1.29, 1.82) is 0 Å². The van der Waals surface area contributed by atoms with Gasteiger partial charge in [-0.05, 0) is 41.6 Å². The molecule has 0 atom stereocenters. The average molecular weight is 537 g/mol. The molecule has 0 radical (unpaired) electrons. The summed E-state index contributed by atoms with van der Waals surface area (Å²) >= 11 is 0. The predicted octanol–water partition coefficient (Wildman–Crippen LogP) is 3.31. The van der Waals surface area contributed by atoms with Crippen LogP contribution in [0.25, 0.3) is 10.9 Å². The second-order valence-corrected chi connectivity index (χ2v) is 7.00. The molecule has 2 aromatic carbocycles. The molecule has 0 aliphatic heterocycles. The molecule has 0 aliphatic rings. The van der Waals surface area contributed by atoms with E-state index in [1.54, 1.807) is 19.2 Å². The first-order valence-electron chi connectivity index (χ1n) is 10.2. The van der Waals surface area contributed by atoms with E-state index in [1.165, 1.54) is 23.0 Å². The summed E-state index contributed by atoms with van der Waals surface area (Å²) in [6.45, 7) is 2.77.